The number of hydrogen-bond acceptors (Lipinski definition) is 4. The normalized spacial score (nSPS) is 23.7. The Morgan fingerprint density at radius 2 is 1.96 bits per heavy atom. The largest absolute Gasteiger partial charge is 0.231 e. The minimum atomic E-state index is 0.107. The zero-order chi connectivity index (χ0) is 20.4. The fourth-order valence-electron chi connectivity index (χ4n) is 2.61. The van der Waals surface area contributed by atoms with Gasteiger partial charge in [0, 0.05) is 4.08 Å². The SMILES string of the molecule is C=C([B]S)/C=C\C([B]SC1(C)CCCC(C)S[B]c2ccc(cc2)[B]S1)=C/C. The molecule has 2 aliphatic rings. The molecule has 0 aliphatic carbocycles. The molecule has 0 nitrogen and oxygen atoms in total. The molecule has 0 fully saturated rings. The van der Waals surface area contributed by atoms with Gasteiger partial charge in [0.15, 0.2) is 0 Å². The Labute approximate surface area is 193 Å². The first-order valence-electron chi connectivity index (χ1n) is 9.55. The van der Waals surface area contributed by atoms with Crippen LogP contribution in [-0.4, -0.2) is 35.6 Å². The van der Waals surface area contributed by atoms with Crippen molar-refractivity contribution in [3.63, 3.8) is 0 Å². The summed E-state index contributed by atoms with van der Waals surface area (Å²) in [5.74, 6) is 0. The van der Waals surface area contributed by atoms with Crippen LogP contribution in [0.5, 0.6) is 0 Å². The van der Waals surface area contributed by atoms with Crippen LogP contribution in [0.3, 0.4) is 0 Å². The van der Waals surface area contributed by atoms with Gasteiger partial charge in [0.2, 0.25) is 26.2 Å². The average molecular weight is 438 g/mol. The number of thiol groups is 1. The molecule has 2 heterocycles. The molecule has 2 unspecified atom stereocenters. The molecule has 0 saturated carbocycles. The summed E-state index contributed by atoms with van der Waals surface area (Å²) in [4.78, 5) is 0. The van der Waals surface area contributed by atoms with Gasteiger partial charge in [0.25, 0.3) is 0 Å². The lowest BCUT2D eigenvalue weighted by molar-refractivity contribution is 0.656. The van der Waals surface area contributed by atoms with Crippen LogP contribution in [0.4, 0.5) is 0 Å². The lowest BCUT2D eigenvalue weighted by Crippen LogP contribution is -2.24. The summed E-state index contributed by atoms with van der Waals surface area (Å²) < 4.78 is 0.107. The van der Waals surface area contributed by atoms with Crippen LogP contribution < -0.4 is 10.9 Å². The minimum Gasteiger partial charge on any atom is -0.228 e. The van der Waals surface area contributed by atoms with E-state index in [4.69, 9.17) is 0 Å². The standard InChI is InChI=1S/C20H26B4S4/c1-5-17(9-8-15(2)21-25)23-27-20(4)14-6-7-16(3)26-22-18-10-12-19(13-11-18)24-28-20/h5,8-13,16,25H,2,6-7,14H2,1,3-4H3/b9-8-,17-5+. The second-order valence-corrected chi connectivity index (χ2v) is 11.6. The fraction of sp³-hybridized carbons (Fsp3) is 0.400. The summed E-state index contributed by atoms with van der Waals surface area (Å²) in [5.41, 5.74) is 4.68. The lowest BCUT2D eigenvalue weighted by Gasteiger charge is -2.30. The highest BCUT2D eigenvalue weighted by Crippen LogP contribution is 2.41. The van der Waals surface area contributed by atoms with E-state index in [1.165, 1.54) is 35.7 Å². The van der Waals surface area contributed by atoms with E-state index in [-0.39, 0.29) is 4.08 Å². The van der Waals surface area contributed by atoms with Crippen molar-refractivity contribution < 1.29 is 0 Å². The monoisotopic (exact) mass is 438 g/mol. The molecule has 3 rings (SSSR count). The minimum absolute atomic E-state index is 0.107. The van der Waals surface area contributed by atoms with Gasteiger partial charge in [-0.1, -0.05) is 77.7 Å². The van der Waals surface area contributed by atoms with Crippen LogP contribution in [0.15, 0.2) is 60.0 Å². The van der Waals surface area contributed by atoms with Crippen LogP contribution in [0.1, 0.15) is 40.0 Å². The average Bonchev–Trinajstić information content (AvgIpc) is 2.72. The van der Waals surface area contributed by atoms with Crippen LogP contribution in [0.2, 0.25) is 0 Å². The van der Waals surface area contributed by atoms with Crippen molar-refractivity contribution in [3.8, 4) is 0 Å². The summed E-state index contributed by atoms with van der Waals surface area (Å²) in [6, 6.07) is 8.87. The summed E-state index contributed by atoms with van der Waals surface area (Å²) in [7, 11) is 0. The Morgan fingerprint density at radius 1 is 1.29 bits per heavy atom. The molecule has 1 aromatic rings. The molecule has 0 amide bonds. The van der Waals surface area contributed by atoms with Gasteiger partial charge in [-0.05, 0) is 31.9 Å². The molecule has 142 valence electrons. The van der Waals surface area contributed by atoms with Crippen molar-refractivity contribution in [1.29, 1.82) is 0 Å². The molecule has 8 heteroatoms. The van der Waals surface area contributed by atoms with Gasteiger partial charge in [0.1, 0.15) is 0 Å². The Bertz CT molecular complexity index is 690. The van der Waals surface area contributed by atoms with Crippen LogP contribution in [-0.2, 0) is 0 Å². The Hall–Kier alpha value is 0.0997. The molecular weight excluding hydrogens is 412 g/mol. The topological polar surface area (TPSA) is 0 Å². The number of fused-ring (bicyclic) bond motifs is 10. The summed E-state index contributed by atoms with van der Waals surface area (Å²) in [6.07, 6.45) is 9.89. The zero-order valence-electron chi connectivity index (χ0n) is 16.9. The van der Waals surface area contributed by atoms with E-state index in [9.17, 15) is 0 Å². The first-order valence-corrected chi connectivity index (χ1v) is 12.8. The Morgan fingerprint density at radius 3 is 2.61 bits per heavy atom. The highest BCUT2D eigenvalue weighted by molar-refractivity contribution is 8.39. The Balaban J connectivity index is 2.05. The molecule has 0 spiro atoms. The third kappa shape index (κ3) is 8.85. The van der Waals surface area contributed by atoms with Crippen LogP contribution in [0, 0.1) is 0 Å². The molecular formula is C20H26B4S4. The van der Waals surface area contributed by atoms with Gasteiger partial charge in [0.05, 0.1) is 0 Å². The second kappa shape index (κ2) is 12.7. The smallest absolute Gasteiger partial charge is 0.228 e. The van der Waals surface area contributed by atoms with Crippen LogP contribution in [0.25, 0.3) is 0 Å². The number of allylic oxidation sites excluding steroid dienone is 5. The third-order valence-electron chi connectivity index (χ3n) is 4.49. The molecule has 0 aromatic heterocycles. The molecule has 0 N–H and O–H groups in total. The molecule has 28 heavy (non-hydrogen) atoms. The highest BCUT2D eigenvalue weighted by Gasteiger charge is 2.26. The predicted octanol–water partition coefficient (Wildman–Crippen LogP) is 4.81. The second-order valence-electron chi connectivity index (χ2n) is 7.05. The van der Waals surface area contributed by atoms with E-state index in [2.05, 4.69) is 95.9 Å². The molecule has 2 bridgehead atoms. The first-order chi connectivity index (χ1) is 13.4. The number of rotatable bonds is 6. The van der Waals surface area contributed by atoms with Gasteiger partial charge in [-0.25, -0.2) is 24.1 Å². The lowest BCUT2D eigenvalue weighted by atomic mass is 9.88. The molecule has 0 saturated heterocycles. The molecule has 1 aromatic carbocycles. The highest BCUT2D eigenvalue weighted by atomic mass is 32.2. The van der Waals surface area contributed by atoms with E-state index >= 15 is 0 Å². The van der Waals surface area contributed by atoms with Crippen LogP contribution >= 0.6 is 47.3 Å². The van der Waals surface area contributed by atoms with E-state index in [0.717, 1.165) is 5.47 Å². The predicted molar refractivity (Wildman–Crippen MR) is 144 cm³/mol. The van der Waals surface area contributed by atoms with Crippen molar-refractivity contribution in [2.24, 2.45) is 0 Å². The van der Waals surface area contributed by atoms with Gasteiger partial charge in [-0.2, -0.15) is 23.2 Å². The quantitative estimate of drug-likeness (QED) is 0.386. The zero-order valence-corrected chi connectivity index (χ0v) is 20.3. The number of benzene rings is 1. The number of hydrogen-bond donors (Lipinski definition) is 1. The molecule has 4 radical (unpaired) electrons. The Kier molecular flexibility index (Phi) is 11.1. The van der Waals surface area contributed by atoms with Gasteiger partial charge < -0.3 is 0 Å². The molecule has 2 aliphatic heterocycles. The van der Waals surface area contributed by atoms with Crippen molar-refractivity contribution >= 4 is 84.5 Å². The molecule has 2 atom stereocenters. The van der Waals surface area contributed by atoms with Gasteiger partial charge in [-0.15, -0.1) is 6.58 Å². The van der Waals surface area contributed by atoms with Crippen molar-refractivity contribution in [2.45, 2.75) is 49.4 Å². The summed E-state index contributed by atoms with van der Waals surface area (Å²) >= 11 is 9.96. The third-order valence-corrected chi connectivity index (χ3v) is 8.70. The van der Waals surface area contributed by atoms with Gasteiger partial charge >= 0.3 is 0 Å². The summed E-state index contributed by atoms with van der Waals surface area (Å²) in [6.45, 7) is 19.3. The van der Waals surface area contributed by atoms with E-state index in [1.54, 1.807) is 6.56 Å². The van der Waals surface area contributed by atoms with E-state index < -0.39 is 0 Å². The van der Waals surface area contributed by atoms with Gasteiger partial charge in [-0.3, -0.25) is 0 Å². The fourth-order valence-corrected chi connectivity index (χ4v) is 5.72. The summed E-state index contributed by atoms with van der Waals surface area (Å²) in [5, 5.41) is 0.644. The first kappa shape index (κ1) is 24.4. The maximum atomic E-state index is 4.15. The van der Waals surface area contributed by atoms with E-state index in [0.29, 0.717) is 5.25 Å². The maximum Gasteiger partial charge on any atom is 0.231 e. The van der Waals surface area contributed by atoms with Crippen molar-refractivity contribution in [2.75, 3.05) is 0 Å². The van der Waals surface area contributed by atoms with Crippen molar-refractivity contribution in [1.82, 2.24) is 0 Å². The van der Waals surface area contributed by atoms with Crippen molar-refractivity contribution in [3.05, 3.63) is 60.0 Å². The maximum absolute atomic E-state index is 4.15. The van der Waals surface area contributed by atoms with E-state index in [1.807, 2.05) is 40.9 Å².